The lowest BCUT2D eigenvalue weighted by atomic mass is 9.99. The van der Waals surface area contributed by atoms with Crippen molar-refractivity contribution in [3.05, 3.63) is 18.2 Å². The summed E-state index contributed by atoms with van der Waals surface area (Å²) >= 11 is 0. The molecular weight excluding hydrogens is 332 g/mol. The summed E-state index contributed by atoms with van der Waals surface area (Å²) in [7, 11) is -3.64. The zero-order valence-electron chi connectivity index (χ0n) is 13.4. The summed E-state index contributed by atoms with van der Waals surface area (Å²) in [4.78, 5) is 11.2. The number of aryl methyl sites for hydroxylation is 1. The predicted molar refractivity (Wildman–Crippen MR) is 86.9 cm³/mol. The number of aromatic nitrogens is 3. The number of hydrogen-bond acceptors (Lipinski definition) is 5. The van der Waals surface area contributed by atoms with Crippen molar-refractivity contribution in [1.82, 2.24) is 19.3 Å². The van der Waals surface area contributed by atoms with E-state index in [-0.39, 0.29) is 18.0 Å². The van der Waals surface area contributed by atoms with Crippen LogP contribution in [0.15, 0.2) is 23.1 Å². The summed E-state index contributed by atoms with van der Waals surface area (Å²) in [5.41, 5.74) is 1.35. The molecule has 1 saturated heterocycles. The number of carboxylic acid groups (broad SMARTS) is 1. The largest absolute Gasteiger partial charge is 0.481 e. The molecule has 8 nitrogen and oxygen atoms in total. The van der Waals surface area contributed by atoms with Crippen LogP contribution in [0.2, 0.25) is 0 Å². The first-order valence-electron chi connectivity index (χ1n) is 7.99. The molecular formula is C15H20N4O4S. The van der Waals surface area contributed by atoms with E-state index in [9.17, 15) is 13.2 Å². The fourth-order valence-corrected chi connectivity index (χ4v) is 4.47. The molecule has 0 spiro atoms. The van der Waals surface area contributed by atoms with Crippen LogP contribution < -0.4 is 0 Å². The normalized spacial score (nSPS) is 17.4. The molecule has 0 atom stereocenters. The second-order valence-electron chi connectivity index (χ2n) is 5.98. The third kappa shape index (κ3) is 3.01. The van der Waals surface area contributed by atoms with Gasteiger partial charge in [-0.3, -0.25) is 4.79 Å². The van der Waals surface area contributed by atoms with Crippen LogP contribution in [0.3, 0.4) is 0 Å². The van der Waals surface area contributed by atoms with Crippen LogP contribution >= 0.6 is 0 Å². The number of fused-ring (bicyclic) bond motifs is 1. The quantitative estimate of drug-likeness (QED) is 0.870. The molecule has 0 unspecified atom stereocenters. The molecule has 2 heterocycles. The zero-order valence-corrected chi connectivity index (χ0v) is 14.2. The van der Waals surface area contributed by atoms with Crippen LogP contribution in [0.25, 0.3) is 11.0 Å². The van der Waals surface area contributed by atoms with Crippen molar-refractivity contribution < 1.29 is 18.3 Å². The van der Waals surface area contributed by atoms with E-state index < -0.39 is 21.9 Å². The number of sulfonamides is 1. The summed E-state index contributed by atoms with van der Waals surface area (Å²) in [6.07, 6.45) is 1.59. The topological polar surface area (TPSA) is 105 Å². The van der Waals surface area contributed by atoms with Crippen LogP contribution in [0.1, 0.15) is 26.2 Å². The molecule has 9 heteroatoms. The van der Waals surface area contributed by atoms with Gasteiger partial charge in [-0.05, 0) is 37.5 Å². The molecule has 0 amide bonds. The van der Waals surface area contributed by atoms with Gasteiger partial charge in [-0.1, -0.05) is 12.1 Å². The van der Waals surface area contributed by atoms with Gasteiger partial charge < -0.3 is 5.11 Å². The smallest absolute Gasteiger partial charge is 0.306 e. The van der Waals surface area contributed by atoms with Crippen LogP contribution in [0.4, 0.5) is 0 Å². The van der Waals surface area contributed by atoms with E-state index in [2.05, 4.69) is 10.3 Å². The van der Waals surface area contributed by atoms with Crippen molar-refractivity contribution in [2.24, 2.45) is 5.92 Å². The number of aliphatic carboxylic acids is 1. The van der Waals surface area contributed by atoms with Crippen LogP contribution in [-0.2, 0) is 21.4 Å². The van der Waals surface area contributed by atoms with Crippen molar-refractivity contribution in [2.45, 2.75) is 37.6 Å². The number of benzene rings is 1. The van der Waals surface area contributed by atoms with E-state index in [1.165, 1.54) is 10.4 Å². The van der Waals surface area contributed by atoms with Crippen molar-refractivity contribution in [1.29, 1.82) is 0 Å². The van der Waals surface area contributed by atoms with Crippen LogP contribution in [0.5, 0.6) is 0 Å². The highest BCUT2D eigenvalue weighted by Crippen LogP contribution is 2.25. The van der Waals surface area contributed by atoms with E-state index in [0.29, 0.717) is 18.4 Å². The molecule has 3 rings (SSSR count). The fraction of sp³-hybridized carbons (Fsp3) is 0.533. The first-order chi connectivity index (χ1) is 11.4. The number of nitrogens with zero attached hydrogens (tertiary/aromatic N) is 4. The fourth-order valence-electron chi connectivity index (χ4n) is 2.98. The van der Waals surface area contributed by atoms with Gasteiger partial charge in [0.2, 0.25) is 10.0 Å². The first-order valence-corrected chi connectivity index (χ1v) is 9.43. The number of rotatable bonds is 5. The Bertz CT molecular complexity index is 853. The van der Waals surface area contributed by atoms with Gasteiger partial charge in [0.15, 0.2) is 0 Å². The van der Waals surface area contributed by atoms with Crippen molar-refractivity contribution >= 4 is 27.0 Å². The van der Waals surface area contributed by atoms with E-state index in [0.717, 1.165) is 18.5 Å². The molecule has 1 aliphatic rings. The standard InChI is InChI=1S/C15H20N4O4S/c1-2-7-19-14-4-3-12(10-13(14)16-17-19)24(22,23)18-8-5-11(6-9-18)15(20)21/h3-4,10-11H,2,5-9H2,1H3,(H,20,21). The van der Waals surface area contributed by atoms with E-state index in [4.69, 9.17) is 5.11 Å². The maximum absolute atomic E-state index is 12.8. The summed E-state index contributed by atoms with van der Waals surface area (Å²) in [5.74, 6) is -1.33. The van der Waals surface area contributed by atoms with Crippen molar-refractivity contribution in [3.63, 3.8) is 0 Å². The monoisotopic (exact) mass is 352 g/mol. The molecule has 0 aliphatic carbocycles. The Morgan fingerprint density at radius 3 is 2.67 bits per heavy atom. The molecule has 1 aromatic carbocycles. The van der Waals surface area contributed by atoms with Crippen molar-refractivity contribution in [3.8, 4) is 0 Å². The van der Waals surface area contributed by atoms with Gasteiger partial charge in [-0.2, -0.15) is 4.31 Å². The first kappa shape index (κ1) is 16.8. The Morgan fingerprint density at radius 1 is 1.33 bits per heavy atom. The molecule has 0 radical (unpaired) electrons. The second kappa shape index (κ2) is 6.48. The summed E-state index contributed by atoms with van der Waals surface area (Å²) in [5, 5.41) is 17.1. The van der Waals surface area contributed by atoms with E-state index in [1.807, 2.05) is 6.92 Å². The van der Waals surface area contributed by atoms with Gasteiger partial charge >= 0.3 is 5.97 Å². The molecule has 0 saturated carbocycles. The predicted octanol–water partition coefficient (Wildman–Crippen LogP) is 1.33. The van der Waals surface area contributed by atoms with E-state index in [1.54, 1.807) is 16.8 Å². The van der Waals surface area contributed by atoms with Gasteiger partial charge in [0.1, 0.15) is 5.52 Å². The highest BCUT2D eigenvalue weighted by Gasteiger charge is 2.32. The zero-order chi connectivity index (χ0) is 17.3. The summed E-state index contributed by atoms with van der Waals surface area (Å²) in [6.45, 7) is 3.21. The Kier molecular flexibility index (Phi) is 4.55. The Morgan fingerprint density at radius 2 is 2.04 bits per heavy atom. The Hall–Kier alpha value is -2.00. The molecule has 2 aromatic rings. The highest BCUT2D eigenvalue weighted by molar-refractivity contribution is 7.89. The Balaban J connectivity index is 1.85. The number of piperidine rings is 1. The van der Waals surface area contributed by atoms with Gasteiger partial charge in [-0.15, -0.1) is 5.10 Å². The molecule has 1 fully saturated rings. The molecule has 0 bridgehead atoms. The number of carboxylic acids is 1. The van der Waals surface area contributed by atoms with Gasteiger partial charge in [0.05, 0.1) is 16.3 Å². The van der Waals surface area contributed by atoms with Crippen molar-refractivity contribution in [2.75, 3.05) is 13.1 Å². The van der Waals surface area contributed by atoms with Crippen LogP contribution in [-0.4, -0.2) is 51.9 Å². The highest BCUT2D eigenvalue weighted by atomic mass is 32.2. The van der Waals surface area contributed by atoms with Gasteiger partial charge in [0.25, 0.3) is 0 Å². The second-order valence-corrected chi connectivity index (χ2v) is 7.92. The third-order valence-electron chi connectivity index (χ3n) is 4.36. The maximum Gasteiger partial charge on any atom is 0.306 e. The summed E-state index contributed by atoms with van der Waals surface area (Å²) in [6, 6.07) is 4.82. The third-order valence-corrected chi connectivity index (χ3v) is 6.26. The van der Waals surface area contributed by atoms with Gasteiger partial charge in [-0.25, -0.2) is 13.1 Å². The Labute approximate surface area is 140 Å². The van der Waals surface area contributed by atoms with Gasteiger partial charge in [0, 0.05) is 19.6 Å². The number of hydrogen-bond donors (Lipinski definition) is 1. The molecule has 24 heavy (non-hydrogen) atoms. The minimum atomic E-state index is -3.64. The average Bonchev–Trinajstić information content (AvgIpc) is 2.97. The molecule has 1 aromatic heterocycles. The van der Waals surface area contributed by atoms with Crippen LogP contribution in [0, 0.1) is 5.92 Å². The SMILES string of the molecule is CCCn1nnc2cc(S(=O)(=O)N3CCC(C(=O)O)CC3)ccc21. The maximum atomic E-state index is 12.8. The lowest BCUT2D eigenvalue weighted by Crippen LogP contribution is -2.40. The molecule has 1 aliphatic heterocycles. The summed E-state index contributed by atoms with van der Waals surface area (Å²) < 4.78 is 28.6. The number of carbonyl (C=O) groups is 1. The minimum absolute atomic E-state index is 0.173. The molecule has 1 N–H and O–H groups in total. The lowest BCUT2D eigenvalue weighted by Gasteiger charge is -2.29. The lowest BCUT2D eigenvalue weighted by molar-refractivity contribution is -0.142. The van der Waals surface area contributed by atoms with E-state index >= 15 is 0 Å². The minimum Gasteiger partial charge on any atom is -0.481 e. The average molecular weight is 352 g/mol. The molecule has 130 valence electrons.